The summed E-state index contributed by atoms with van der Waals surface area (Å²) in [7, 11) is 0. The van der Waals surface area contributed by atoms with Crippen LogP contribution in [0.5, 0.6) is 0 Å². The van der Waals surface area contributed by atoms with Gasteiger partial charge in [0.2, 0.25) is 0 Å². The standard InChI is InChI=1S/C11H13N3/c1-10-11(5-4-6-12-10)9-13-14-7-2-3-8-14/h2-8,13H,9H2,1H3. The van der Waals surface area contributed by atoms with E-state index in [0.717, 1.165) is 12.2 Å². The minimum atomic E-state index is 0.800. The third-order valence-corrected chi connectivity index (χ3v) is 2.17. The molecule has 3 nitrogen and oxygen atoms in total. The highest BCUT2D eigenvalue weighted by Crippen LogP contribution is 2.03. The van der Waals surface area contributed by atoms with E-state index in [0.29, 0.717) is 0 Å². The minimum absolute atomic E-state index is 0.800. The molecular weight excluding hydrogens is 174 g/mol. The van der Waals surface area contributed by atoms with Crippen molar-refractivity contribution in [3.63, 3.8) is 0 Å². The van der Waals surface area contributed by atoms with Gasteiger partial charge in [0.25, 0.3) is 0 Å². The summed E-state index contributed by atoms with van der Waals surface area (Å²) in [5.41, 5.74) is 5.56. The first kappa shape index (κ1) is 8.81. The number of nitrogens with one attached hydrogen (secondary N) is 1. The lowest BCUT2D eigenvalue weighted by molar-refractivity contribution is 0.838. The fourth-order valence-corrected chi connectivity index (χ4v) is 1.32. The van der Waals surface area contributed by atoms with Crippen molar-refractivity contribution in [3.8, 4) is 0 Å². The smallest absolute Gasteiger partial charge is 0.0582 e. The summed E-state index contributed by atoms with van der Waals surface area (Å²) in [5.74, 6) is 0. The Hall–Kier alpha value is -1.77. The van der Waals surface area contributed by atoms with E-state index in [2.05, 4.69) is 16.5 Å². The van der Waals surface area contributed by atoms with Crippen molar-refractivity contribution in [2.24, 2.45) is 0 Å². The highest BCUT2D eigenvalue weighted by Gasteiger charge is 1.96. The Balaban J connectivity index is 2.02. The van der Waals surface area contributed by atoms with Crippen molar-refractivity contribution in [2.75, 3.05) is 5.43 Å². The predicted molar refractivity (Wildman–Crippen MR) is 56.5 cm³/mol. The van der Waals surface area contributed by atoms with Gasteiger partial charge in [-0.15, -0.1) is 0 Å². The lowest BCUT2D eigenvalue weighted by Gasteiger charge is -2.08. The van der Waals surface area contributed by atoms with Gasteiger partial charge in [-0.2, -0.15) is 0 Å². The zero-order chi connectivity index (χ0) is 9.80. The summed E-state index contributed by atoms with van der Waals surface area (Å²) in [6, 6.07) is 8.02. The van der Waals surface area contributed by atoms with Crippen LogP contribution in [0.25, 0.3) is 0 Å². The molecule has 2 aromatic rings. The topological polar surface area (TPSA) is 29.9 Å². The van der Waals surface area contributed by atoms with Gasteiger partial charge in [-0.25, -0.2) is 0 Å². The molecule has 0 amide bonds. The molecule has 0 aromatic carbocycles. The fourth-order valence-electron chi connectivity index (χ4n) is 1.32. The largest absolute Gasteiger partial charge is 0.322 e. The maximum atomic E-state index is 4.23. The maximum absolute atomic E-state index is 4.23. The number of nitrogens with zero attached hydrogens (tertiary/aromatic N) is 2. The third-order valence-electron chi connectivity index (χ3n) is 2.17. The monoisotopic (exact) mass is 187 g/mol. The summed E-state index contributed by atoms with van der Waals surface area (Å²) in [4.78, 5) is 4.23. The molecule has 0 atom stereocenters. The van der Waals surface area contributed by atoms with Gasteiger partial charge in [-0.05, 0) is 30.7 Å². The average Bonchev–Trinajstić information content (AvgIpc) is 2.69. The summed E-state index contributed by atoms with van der Waals surface area (Å²) in [6.45, 7) is 2.82. The molecule has 2 rings (SSSR count). The van der Waals surface area contributed by atoms with Gasteiger partial charge >= 0.3 is 0 Å². The van der Waals surface area contributed by atoms with Gasteiger partial charge in [0, 0.05) is 24.3 Å². The van der Waals surface area contributed by atoms with Crippen molar-refractivity contribution < 1.29 is 0 Å². The first-order valence-electron chi connectivity index (χ1n) is 4.63. The number of pyridine rings is 1. The van der Waals surface area contributed by atoms with Gasteiger partial charge in [0.1, 0.15) is 0 Å². The molecule has 0 aliphatic heterocycles. The molecule has 0 saturated carbocycles. The first-order chi connectivity index (χ1) is 6.86. The van der Waals surface area contributed by atoms with E-state index in [-0.39, 0.29) is 0 Å². The van der Waals surface area contributed by atoms with Crippen molar-refractivity contribution in [3.05, 3.63) is 54.1 Å². The fraction of sp³-hybridized carbons (Fsp3) is 0.182. The highest BCUT2D eigenvalue weighted by molar-refractivity contribution is 5.19. The Kier molecular flexibility index (Phi) is 2.49. The van der Waals surface area contributed by atoms with Gasteiger partial charge in [-0.3, -0.25) is 9.66 Å². The van der Waals surface area contributed by atoms with E-state index in [1.165, 1.54) is 5.56 Å². The lowest BCUT2D eigenvalue weighted by Crippen LogP contribution is -2.12. The lowest BCUT2D eigenvalue weighted by atomic mass is 10.2. The number of hydrogen-bond donors (Lipinski definition) is 1. The average molecular weight is 187 g/mol. The van der Waals surface area contributed by atoms with Gasteiger partial charge < -0.3 is 5.43 Å². The van der Waals surface area contributed by atoms with Crippen LogP contribution in [0.4, 0.5) is 0 Å². The van der Waals surface area contributed by atoms with Crippen LogP contribution in [0.3, 0.4) is 0 Å². The molecule has 0 saturated heterocycles. The van der Waals surface area contributed by atoms with E-state index in [1.807, 2.05) is 48.4 Å². The van der Waals surface area contributed by atoms with Crippen LogP contribution in [0.2, 0.25) is 0 Å². The molecule has 0 bridgehead atoms. The zero-order valence-corrected chi connectivity index (χ0v) is 8.14. The number of aromatic nitrogens is 2. The van der Waals surface area contributed by atoms with Crippen LogP contribution < -0.4 is 5.43 Å². The molecule has 0 spiro atoms. The van der Waals surface area contributed by atoms with Crippen molar-refractivity contribution in [2.45, 2.75) is 13.5 Å². The Morgan fingerprint density at radius 1 is 1.29 bits per heavy atom. The Morgan fingerprint density at radius 3 is 2.79 bits per heavy atom. The minimum Gasteiger partial charge on any atom is -0.322 e. The van der Waals surface area contributed by atoms with E-state index in [4.69, 9.17) is 0 Å². The quantitative estimate of drug-likeness (QED) is 0.795. The summed E-state index contributed by atoms with van der Waals surface area (Å²) >= 11 is 0. The number of hydrogen-bond acceptors (Lipinski definition) is 2. The first-order valence-corrected chi connectivity index (χ1v) is 4.63. The van der Waals surface area contributed by atoms with E-state index < -0.39 is 0 Å². The third kappa shape index (κ3) is 1.93. The van der Waals surface area contributed by atoms with Gasteiger partial charge in [0.15, 0.2) is 0 Å². The predicted octanol–water partition coefficient (Wildman–Crippen LogP) is 1.94. The van der Waals surface area contributed by atoms with Crippen molar-refractivity contribution in [1.29, 1.82) is 0 Å². The summed E-state index contributed by atoms with van der Waals surface area (Å²) in [5, 5.41) is 0. The molecule has 0 fully saturated rings. The van der Waals surface area contributed by atoms with Crippen LogP contribution in [-0.4, -0.2) is 9.66 Å². The van der Waals surface area contributed by atoms with Crippen molar-refractivity contribution >= 4 is 0 Å². The van der Waals surface area contributed by atoms with Crippen molar-refractivity contribution in [1.82, 2.24) is 9.66 Å². The Morgan fingerprint density at radius 2 is 2.07 bits per heavy atom. The molecule has 72 valence electrons. The molecule has 0 unspecified atom stereocenters. The molecule has 0 aliphatic carbocycles. The number of aryl methyl sites for hydroxylation is 1. The normalized spacial score (nSPS) is 10.1. The van der Waals surface area contributed by atoms with E-state index in [1.54, 1.807) is 0 Å². The zero-order valence-electron chi connectivity index (χ0n) is 8.14. The van der Waals surface area contributed by atoms with E-state index in [9.17, 15) is 0 Å². The Labute approximate surface area is 83.4 Å². The number of rotatable bonds is 3. The molecular formula is C11H13N3. The van der Waals surface area contributed by atoms with Crippen LogP contribution in [0, 0.1) is 6.92 Å². The second-order valence-electron chi connectivity index (χ2n) is 3.17. The summed E-state index contributed by atoms with van der Waals surface area (Å²) in [6.07, 6.45) is 5.77. The molecule has 14 heavy (non-hydrogen) atoms. The molecule has 0 aliphatic rings. The second kappa shape index (κ2) is 3.96. The van der Waals surface area contributed by atoms with Crippen LogP contribution >= 0.6 is 0 Å². The highest BCUT2D eigenvalue weighted by atomic mass is 15.4. The van der Waals surface area contributed by atoms with E-state index >= 15 is 0 Å². The van der Waals surface area contributed by atoms with Crippen LogP contribution in [0.1, 0.15) is 11.3 Å². The second-order valence-corrected chi connectivity index (χ2v) is 3.17. The molecule has 2 heterocycles. The van der Waals surface area contributed by atoms with Gasteiger partial charge in [-0.1, -0.05) is 6.07 Å². The van der Waals surface area contributed by atoms with Crippen LogP contribution in [0.15, 0.2) is 42.9 Å². The molecule has 0 radical (unpaired) electrons. The SMILES string of the molecule is Cc1ncccc1CNn1cccc1. The Bertz CT molecular complexity index is 393. The van der Waals surface area contributed by atoms with Gasteiger partial charge in [0.05, 0.1) is 6.54 Å². The molecule has 3 heteroatoms. The molecule has 2 aromatic heterocycles. The molecule has 1 N–H and O–H groups in total. The maximum Gasteiger partial charge on any atom is 0.0582 e. The summed E-state index contributed by atoms with van der Waals surface area (Å²) < 4.78 is 1.94. The van der Waals surface area contributed by atoms with Crippen LogP contribution in [-0.2, 0) is 6.54 Å².